The molecule has 2 fully saturated rings. The first kappa shape index (κ1) is 23.1. The second-order valence-electron chi connectivity index (χ2n) is 9.82. The topological polar surface area (TPSA) is 113 Å². The van der Waals surface area contributed by atoms with Gasteiger partial charge in [-0.15, -0.1) is 5.10 Å². The van der Waals surface area contributed by atoms with E-state index in [2.05, 4.69) is 33.0 Å². The average molecular weight is 490 g/mol. The smallest absolute Gasteiger partial charge is 0.329 e. The number of hydrogen-bond donors (Lipinski definition) is 1. The zero-order valence-electron chi connectivity index (χ0n) is 20.7. The van der Waals surface area contributed by atoms with Crippen molar-refractivity contribution in [2.75, 3.05) is 19.8 Å². The van der Waals surface area contributed by atoms with Gasteiger partial charge in [0.05, 0.1) is 11.9 Å². The van der Waals surface area contributed by atoms with Gasteiger partial charge in [0.1, 0.15) is 6.33 Å². The lowest BCUT2D eigenvalue weighted by molar-refractivity contribution is -0.0395. The van der Waals surface area contributed by atoms with E-state index in [1.807, 2.05) is 23.7 Å². The third kappa shape index (κ3) is 4.24. The lowest BCUT2D eigenvalue weighted by atomic mass is 9.93. The standard InChI is InChI=1S/C26H31N7O3/c1-16-13-19(6-7-20(16)23-28-15-32(31-23)22-5-3-4-10-36-22)21-14-27-24-25(29-21)33(26(34)30-24)17(2)18-8-11-35-12-9-18/h6-7,13-15,17-18,22H,3-5,8-12H2,1-2H3,(H,27,30,34). The van der Waals surface area contributed by atoms with Gasteiger partial charge in [0.2, 0.25) is 0 Å². The van der Waals surface area contributed by atoms with Gasteiger partial charge in [-0.05, 0) is 63.5 Å². The molecular weight excluding hydrogens is 458 g/mol. The molecule has 6 rings (SSSR count). The minimum absolute atomic E-state index is 0.0122. The minimum atomic E-state index is -0.170. The maximum Gasteiger partial charge on any atom is 0.329 e. The number of aryl methyl sites for hydroxylation is 1. The Morgan fingerprint density at radius 3 is 2.75 bits per heavy atom. The summed E-state index contributed by atoms with van der Waals surface area (Å²) >= 11 is 0. The number of aromatic amines is 1. The number of ether oxygens (including phenoxy) is 2. The second-order valence-corrected chi connectivity index (χ2v) is 9.82. The van der Waals surface area contributed by atoms with Crippen molar-refractivity contribution in [2.24, 2.45) is 5.92 Å². The van der Waals surface area contributed by atoms with Gasteiger partial charge < -0.3 is 9.47 Å². The zero-order chi connectivity index (χ0) is 24.6. The van der Waals surface area contributed by atoms with Gasteiger partial charge in [-0.2, -0.15) is 0 Å². The Kier molecular flexibility index (Phi) is 6.14. The second kappa shape index (κ2) is 9.59. The number of hydrogen-bond acceptors (Lipinski definition) is 7. The van der Waals surface area contributed by atoms with Crippen molar-refractivity contribution < 1.29 is 9.47 Å². The molecule has 0 bridgehead atoms. The van der Waals surface area contributed by atoms with Crippen LogP contribution in [0.5, 0.6) is 0 Å². The molecule has 0 saturated carbocycles. The Labute approximate surface area is 208 Å². The van der Waals surface area contributed by atoms with E-state index in [9.17, 15) is 4.79 Å². The predicted octanol–water partition coefficient (Wildman–Crippen LogP) is 4.04. The van der Waals surface area contributed by atoms with E-state index in [0.29, 0.717) is 23.0 Å². The summed E-state index contributed by atoms with van der Waals surface area (Å²) in [7, 11) is 0. The Hall–Kier alpha value is -3.37. The fourth-order valence-electron chi connectivity index (χ4n) is 5.36. The molecule has 0 aliphatic carbocycles. The van der Waals surface area contributed by atoms with Crippen LogP contribution < -0.4 is 5.69 Å². The number of benzene rings is 1. The van der Waals surface area contributed by atoms with Crippen LogP contribution in [0.3, 0.4) is 0 Å². The minimum Gasteiger partial charge on any atom is -0.381 e. The third-order valence-electron chi connectivity index (χ3n) is 7.50. The van der Waals surface area contributed by atoms with Crippen LogP contribution >= 0.6 is 0 Å². The number of H-pyrrole nitrogens is 1. The summed E-state index contributed by atoms with van der Waals surface area (Å²) in [5.74, 6) is 1.05. The van der Waals surface area contributed by atoms with E-state index >= 15 is 0 Å². The highest BCUT2D eigenvalue weighted by molar-refractivity contribution is 5.73. The van der Waals surface area contributed by atoms with E-state index in [4.69, 9.17) is 14.5 Å². The molecule has 1 N–H and O–H groups in total. The van der Waals surface area contributed by atoms with Crippen LogP contribution in [0.2, 0.25) is 0 Å². The molecule has 2 aliphatic rings. The number of nitrogens with zero attached hydrogens (tertiary/aromatic N) is 6. The molecule has 36 heavy (non-hydrogen) atoms. The van der Waals surface area contributed by atoms with Gasteiger partial charge >= 0.3 is 5.69 Å². The highest BCUT2D eigenvalue weighted by Gasteiger charge is 2.26. The molecule has 188 valence electrons. The summed E-state index contributed by atoms with van der Waals surface area (Å²) in [6.45, 7) is 6.36. The number of rotatable bonds is 5. The molecule has 10 heteroatoms. The van der Waals surface area contributed by atoms with Crippen LogP contribution in [0.1, 0.15) is 56.9 Å². The molecule has 2 unspecified atom stereocenters. The molecule has 3 aromatic heterocycles. The van der Waals surface area contributed by atoms with Crippen LogP contribution in [-0.2, 0) is 9.47 Å². The van der Waals surface area contributed by atoms with Crippen molar-refractivity contribution in [3.05, 3.63) is 46.8 Å². The number of imidazole rings is 1. The molecule has 2 atom stereocenters. The molecule has 10 nitrogen and oxygen atoms in total. The molecular formula is C26H31N7O3. The fraction of sp³-hybridized carbons (Fsp3) is 0.500. The van der Waals surface area contributed by atoms with Crippen molar-refractivity contribution in [1.29, 1.82) is 0 Å². The van der Waals surface area contributed by atoms with Crippen LogP contribution in [-0.4, -0.2) is 54.1 Å². The summed E-state index contributed by atoms with van der Waals surface area (Å²) in [4.78, 5) is 29.6. The number of aromatic nitrogens is 7. The Morgan fingerprint density at radius 2 is 1.97 bits per heavy atom. The maximum absolute atomic E-state index is 12.8. The summed E-state index contributed by atoms with van der Waals surface area (Å²) < 4.78 is 14.9. The van der Waals surface area contributed by atoms with Crippen LogP contribution in [0.4, 0.5) is 0 Å². The normalized spacial score (nSPS) is 20.1. The third-order valence-corrected chi connectivity index (χ3v) is 7.50. The van der Waals surface area contributed by atoms with Crippen molar-refractivity contribution in [3.8, 4) is 22.6 Å². The Bertz CT molecular complexity index is 1430. The van der Waals surface area contributed by atoms with Crippen molar-refractivity contribution in [1.82, 2.24) is 34.3 Å². The molecule has 2 aliphatic heterocycles. The van der Waals surface area contributed by atoms with Gasteiger partial charge in [-0.3, -0.25) is 9.55 Å². The molecule has 2 saturated heterocycles. The highest BCUT2D eigenvalue weighted by atomic mass is 16.5. The van der Waals surface area contributed by atoms with Crippen molar-refractivity contribution in [2.45, 2.75) is 58.2 Å². The van der Waals surface area contributed by atoms with E-state index < -0.39 is 0 Å². The average Bonchev–Trinajstić information content (AvgIpc) is 3.53. The first-order valence-electron chi connectivity index (χ1n) is 12.8. The molecule has 5 heterocycles. The summed E-state index contributed by atoms with van der Waals surface area (Å²) in [6.07, 6.45) is 8.49. The van der Waals surface area contributed by atoms with Gasteiger partial charge in [0.25, 0.3) is 0 Å². The lowest BCUT2D eigenvalue weighted by Gasteiger charge is -2.28. The molecule has 1 aromatic carbocycles. The van der Waals surface area contributed by atoms with Crippen LogP contribution in [0.25, 0.3) is 33.9 Å². The zero-order valence-corrected chi connectivity index (χ0v) is 20.7. The number of nitrogens with one attached hydrogen (secondary N) is 1. The van der Waals surface area contributed by atoms with E-state index in [1.54, 1.807) is 17.1 Å². The highest BCUT2D eigenvalue weighted by Crippen LogP contribution is 2.30. The first-order valence-corrected chi connectivity index (χ1v) is 12.8. The molecule has 0 radical (unpaired) electrons. The van der Waals surface area contributed by atoms with Gasteiger partial charge in [0, 0.05) is 37.0 Å². The van der Waals surface area contributed by atoms with E-state index in [1.165, 1.54) is 0 Å². The Morgan fingerprint density at radius 1 is 1.11 bits per heavy atom. The van der Waals surface area contributed by atoms with E-state index in [-0.39, 0.29) is 18.0 Å². The van der Waals surface area contributed by atoms with Crippen molar-refractivity contribution in [3.63, 3.8) is 0 Å². The van der Waals surface area contributed by atoms with Crippen molar-refractivity contribution >= 4 is 11.3 Å². The summed E-state index contributed by atoms with van der Waals surface area (Å²) in [5, 5.41) is 4.69. The predicted molar refractivity (Wildman–Crippen MR) is 134 cm³/mol. The summed E-state index contributed by atoms with van der Waals surface area (Å²) in [5.41, 5.74) is 4.59. The molecule has 0 spiro atoms. The summed E-state index contributed by atoms with van der Waals surface area (Å²) in [6, 6.07) is 6.11. The Balaban J connectivity index is 1.30. The first-order chi connectivity index (χ1) is 17.6. The molecule has 4 aromatic rings. The monoisotopic (exact) mass is 489 g/mol. The SMILES string of the molecule is Cc1cc(-c2cnc3[nH]c(=O)n(C(C)C4CCOCC4)c3n2)ccc1-c1ncn(C2CCCCO2)n1. The van der Waals surface area contributed by atoms with E-state index in [0.717, 1.165) is 74.3 Å². The molecule has 0 amide bonds. The quantitative estimate of drug-likeness (QED) is 0.450. The maximum atomic E-state index is 12.8. The van der Waals surface area contributed by atoms with Crippen LogP contribution in [0, 0.1) is 12.8 Å². The fourth-order valence-corrected chi connectivity index (χ4v) is 5.36. The van der Waals surface area contributed by atoms with Gasteiger partial charge in [-0.25, -0.2) is 24.4 Å². The lowest BCUT2D eigenvalue weighted by Crippen LogP contribution is -2.29. The number of fused-ring (bicyclic) bond motifs is 1. The van der Waals surface area contributed by atoms with Gasteiger partial charge in [0.15, 0.2) is 23.3 Å². The largest absolute Gasteiger partial charge is 0.381 e. The van der Waals surface area contributed by atoms with Gasteiger partial charge in [-0.1, -0.05) is 12.1 Å². The van der Waals surface area contributed by atoms with Crippen LogP contribution in [0.15, 0.2) is 35.5 Å².